The van der Waals surface area contributed by atoms with E-state index in [0.717, 1.165) is 0 Å². The Kier molecular flexibility index (Phi) is 2.47. The first-order valence-corrected chi connectivity index (χ1v) is 4.50. The third-order valence-corrected chi connectivity index (χ3v) is 2.19. The van der Waals surface area contributed by atoms with Gasteiger partial charge in [0.15, 0.2) is 0 Å². The van der Waals surface area contributed by atoms with Gasteiger partial charge in [-0.15, -0.1) is 5.10 Å². The van der Waals surface area contributed by atoms with Crippen LogP contribution in [0.1, 0.15) is 11.3 Å². The Labute approximate surface area is 86.0 Å². The average Bonchev–Trinajstić information content (AvgIpc) is 2.70. The third kappa shape index (κ3) is 1.73. The van der Waals surface area contributed by atoms with E-state index in [9.17, 15) is 4.39 Å². The van der Waals surface area contributed by atoms with E-state index in [-0.39, 0.29) is 12.4 Å². The number of aromatic nitrogens is 3. The molecule has 2 rings (SSSR count). The van der Waals surface area contributed by atoms with Crippen LogP contribution in [-0.4, -0.2) is 20.1 Å². The van der Waals surface area contributed by atoms with Gasteiger partial charge in [0.05, 0.1) is 18.5 Å². The second-order valence-corrected chi connectivity index (χ2v) is 3.20. The molecule has 0 saturated heterocycles. The Hall–Kier alpha value is -1.75. The minimum Gasteiger partial charge on any atom is -0.390 e. The van der Waals surface area contributed by atoms with Gasteiger partial charge in [0.25, 0.3) is 0 Å². The normalized spacial score (nSPS) is 10.6. The molecule has 0 aliphatic carbocycles. The average molecular weight is 207 g/mol. The van der Waals surface area contributed by atoms with Crippen molar-refractivity contribution in [3.63, 3.8) is 0 Å². The molecule has 0 fully saturated rings. The zero-order chi connectivity index (χ0) is 10.8. The molecular weight excluding hydrogens is 197 g/mol. The number of nitrogens with zero attached hydrogens (tertiary/aromatic N) is 3. The molecule has 1 N–H and O–H groups in total. The molecule has 0 atom stereocenters. The summed E-state index contributed by atoms with van der Waals surface area (Å²) in [5.41, 5.74) is 1.59. The van der Waals surface area contributed by atoms with Crippen molar-refractivity contribution >= 4 is 0 Å². The van der Waals surface area contributed by atoms with Crippen LogP contribution in [0.5, 0.6) is 0 Å². The van der Waals surface area contributed by atoms with Gasteiger partial charge in [-0.05, 0) is 19.1 Å². The number of benzene rings is 1. The van der Waals surface area contributed by atoms with Crippen molar-refractivity contribution in [2.24, 2.45) is 0 Å². The minimum absolute atomic E-state index is 0.172. The molecule has 0 saturated carbocycles. The molecule has 1 aromatic heterocycles. The molecule has 4 nitrogen and oxygen atoms in total. The highest BCUT2D eigenvalue weighted by atomic mass is 19.1. The van der Waals surface area contributed by atoms with Crippen LogP contribution in [0, 0.1) is 12.7 Å². The van der Waals surface area contributed by atoms with E-state index < -0.39 is 0 Å². The molecule has 0 aliphatic rings. The quantitative estimate of drug-likeness (QED) is 0.805. The summed E-state index contributed by atoms with van der Waals surface area (Å²) in [5, 5.41) is 16.4. The standard InChI is InChI=1S/C10H10FN3O/c1-7-9(11)3-2-4-10(7)14-5-8(6-15)12-13-14/h2-5,15H,6H2,1H3. The first-order chi connectivity index (χ1) is 7.22. The van der Waals surface area contributed by atoms with Gasteiger partial charge in [0.1, 0.15) is 11.5 Å². The van der Waals surface area contributed by atoms with Gasteiger partial charge in [-0.1, -0.05) is 11.3 Å². The predicted octanol–water partition coefficient (Wildman–Crippen LogP) is 1.21. The lowest BCUT2D eigenvalue weighted by atomic mass is 10.2. The molecule has 15 heavy (non-hydrogen) atoms. The predicted molar refractivity (Wildman–Crippen MR) is 52.0 cm³/mol. The number of halogens is 1. The first-order valence-electron chi connectivity index (χ1n) is 4.50. The molecular formula is C10H10FN3O. The van der Waals surface area contributed by atoms with E-state index in [1.807, 2.05) is 0 Å². The maximum absolute atomic E-state index is 13.2. The maximum atomic E-state index is 13.2. The molecule has 0 aliphatic heterocycles. The van der Waals surface area contributed by atoms with Crippen LogP contribution in [0.15, 0.2) is 24.4 Å². The van der Waals surface area contributed by atoms with Crippen LogP contribution in [0.4, 0.5) is 4.39 Å². The van der Waals surface area contributed by atoms with Crippen molar-refractivity contribution in [1.82, 2.24) is 15.0 Å². The number of hydrogen-bond acceptors (Lipinski definition) is 3. The summed E-state index contributed by atoms with van der Waals surface area (Å²) >= 11 is 0. The number of rotatable bonds is 2. The monoisotopic (exact) mass is 207 g/mol. The second kappa shape index (κ2) is 3.78. The van der Waals surface area contributed by atoms with Crippen molar-refractivity contribution in [2.75, 3.05) is 0 Å². The first kappa shape index (κ1) is 9.79. The Bertz CT molecular complexity index is 481. The van der Waals surface area contributed by atoms with Gasteiger partial charge in [-0.2, -0.15) is 0 Å². The fourth-order valence-electron chi connectivity index (χ4n) is 1.33. The smallest absolute Gasteiger partial charge is 0.128 e. The van der Waals surface area contributed by atoms with Crippen molar-refractivity contribution < 1.29 is 9.50 Å². The molecule has 1 heterocycles. The molecule has 2 aromatic rings. The minimum atomic E-state index is -0.284. The molecule has 78 valence electrons. The zero-order valence-corrected chi connectivity index (χ0v) is 8.18. The lowest BCUT2D eigenvalue weighted by Crippen LogP contribution is -1.99. The summed E-state index contributed by atoms with van der Waals surface area (Å²) in [5.74, 6) is -0.284. The van der Waals surface area contributed by atoms with Gasteiger partial charge < -0.3 is 5.11 Å². The SMILES string of the molecule is Cc1c(F)cccc1-n1cc(CO)nn1. The molecule has 1 aromatic carbocycles. The highest BCUT2D eigenvalue weighted by molar-refractivity contribution is 5.40. The highest BCUT2D eigenvalue weighted by Gasteiger charge is 2.07. The Morgan fingerprint density at radius 1 is 1.47 bits per heavy atom. The van der Waals surface area contributed by atoms with E-state index in [4.69, 9.17) is 5.11 Å². The van der Waals surface area contributed by atoms with E-state index in [1.165, 1.54) is 10.7 Å². The maximum Gasteiger partial charge on any atom is 0.128 e. The van der Waals surface area contributed by atoms with E-state index in [2.05, 4.69) is 10.3 Å². The number of hydrogen-bond donors (Lipinski definition) is 1. The summed E-state index contributed by atoms with van der Waals surface area (Å²) in [6.07, 6.45) is 1.57. The van der Waals surface area contributed by atoms with Gasteiger partial charge in [-0.25, -0.2) is 9.07 Å². The van der Waals surface area contributed by atoms with Gasteiger partial charge >= 0.3 is 0 Å². The molecule has 0 unspecified atom stereocenters. The topological polar surface area (TPSA) is 50.9 Å². The van der Waals surface area contributed by atoms with Crippen LogP contribution < -0.4 is 0 Å². The van der Waals surface area contributed by atoms with Crippen molar-refractivity contribution in [2.45, 2.75) is 13.5 Å². The molecule has 5 heteroatoms. The van der Waals surface area contributed by atoms with Crippen LogP contribution in [0.25, 0.3) is 5.69 Å². The van der Waals surface area contributed by atoms with E-state index >= 15 is 0 Å². The lowest BCUT2D eigenvalue weighted by molar-refractivity contribution is 0.276. The molecule has 0 radical (unpaired) electrons. The highest BCUT2D eigenvalue weighted by Crippen LogP contribution is 2.15. The van der Waals surface area contributed by atoms with Crippen LogP contribution >= 0.6 is 0 Å². The van der Waals surface area contributed by atoms with Crippen LogP contribution in [-0.2, 0) is 6.61 Å². The van der Waals surface area contributed by atoms with Crippen molar-refractivity contribution in [3.05, 3.63) is 41.5 Å². The summed E-state index contributed by atoms with van der Waals surface area (Å²) in [7, 11) is 0. The second-order valence-electron chi connectivity index (χ2n) is 3.20. The van der Waals surface area contributed by atoms with Gasteiger partial charge in [0, 0.05) is 5.56 Å². The van der Waals surface area contributed by atoms with Crippen molar-refractivity contribution in [1.29, 1.82) is 0 Å². The Balaban J connectivity index is 2.49. The molecule has 0 amide bonds. The summed E-state index contributed by atoms with van der Waals surface area (Å²) in [6.45, 7) is 1.50. The largest absolute Gasteiger partial charge is 0.390 e. The van der Waals surface area contributed by atoms with Gasteiger partial charge in [0.2, 0.25) is 0 Å². The third-order valence-electron chi connectivity index (χ3n) is 2.19. The summed E-state index contributed by atoms with van der Waals surface area (Å²) in [6, 6.07) is 4.74. The molecule has 0 spiro atoms. The van der Waals surface area contributed by atoms with Gasteiger partial charge in [-0.3, -0.25) is 0 Å². The van der Waals surface area contributed by atoms with Crippen LogP contribution in [0.3, 0.4) is 0 Å². The summed E-state index contributed by atoms with van der Waals surface area (Å²) in [4.78, 5) is 0. The lowest BCUT2D eigenvalue weighted by Gasteiger charge is -2.04. The fraction of sp³-hybridized carbons (Fsp3) is 0.200. The summed E-state index contributed by atoms with van der Waals surface area (Å²) < 4.78 is 14.7. The fourth-order valence-corrected chi connectivity index (χ4v) is 1.33. The number of aliphatic hydroxyl groups is 1. The number of aliphatic hydroxyl groups excluding tert-OH is 1. The molecule has 0 bridgehead atoms. The van der Waals surface area contributed by atoms with Crippen LogP contribution in [0.2, 0.25) is 0 Å². The van der Waals surface area contributed by atoms with E-state index in [1.54, 1.807) is 25.3 Å². The zero-order valence-electron chi connectivity index (χ0n) is 8.18. The Morgan fingerprint density at radius 3 is 2.93 bits per heavy atom. The Morgan fingerprint density at radius 2 is 2.27 bits per heavy atom. The van der Waals surface area contributed by atoms with E-state index in [0.29, 0.717) is 16.9 Å². The van der Waals surface area contributed by atoms with Crippen molar-refractivity contribution in [3.8, 4) is 5.69 Å².